The summed E-state index contributed by atoms with van der Waals surface area (Å²) in [6, 6.07) is 19.8. The molecule has 29 heavy (non-hydrogen) atoms. The van der Waals surface area contributed by atoms with Gasteiger partial charge in [0.25, 0.3) is 0 Å². The lowest BCUT2D eigenvalue weighted by molar-refractivity contribution is 0.322. The first-order chi connectivity index (χ1) is 13.8. The number of nitrogens with zero attached hydrogens (tertiary/aromatic N) is 1. The molecule has 7 heteroatoms. The molecule has 0 saturated heterocycles. The molecule has 0 amide bonds. The van der Waals surface area contributed by atoms with Crippen LogP contribution in [0.3, 0.4) is 0 Å². The van der Waals surface area contributed by atoms with Gasteiger partial charge in [-0.25, -0.2) is 13.6 Å². The van der Waals surface area contributed by atoms with Crippen molar-refractivity contribution >= 4 is 21.6 Å². The third-order valence-corrected chi connectivity index (χ3v) is 5.85. The molecule has 0 fully saturated rings. The minimum Gasteiger partial charge on any atom is -0.493 e. The second kappa shape index (κ2) is 8.66. The van der Waals surface area contributed by atoms with Gasteiger partial charge in [-0.2, -0.15) is 5.26 Å². The maximum atomic E-state index is 11.7. The van der Waals surface area contributed by atoms with Gasteiger partial charge in [0.15, 0.2) is 0 Å². The molecule has 0 unspecified atom stereocenters. The van der Waals surface area contributed by atoms with Gasteiger partial charge < -0.3 is 4.74 Å². The Balaban J connectivity index is 1.81. The van der Waals surface area contributed by atoms with Crippen molar-refractivity contribution in [1.82, 2.24) is 0 Å². The molecule has 0 aliphatic carbocycles. The summed E-state index contributed by atoms with van der Waals surface area (Å²) in [5.41, 5.74) is 3.96. The maximum absolute atomic E-state index is 11.7. The first-order valence-electron chi connectivity index (χ1n) is 8.83. The van der Waals surface area contributed by atoms with Gasteiger partial charge in [-0.15, -0.1) is 0 Å². The van der Waals surface area contributed by atoms with Crippen molar-refractivity contribution in [3.05, 3.63) is 82.4 Å². The van der Waals surface area contributed by atoms with Gasteiger partial charge in [0.1, 0.15) is 10.6 Å². The van der Waals surface area contributed by atoms with E-state index in [4.69, 9.17) is 26.7 Å². The Morgan fingerprint density at radius 2 is 1.83 bits per heavy atom. The number of primary sulfonamides is 1. The van der Waals surface area contributed by atoms with Crippen molar-refractivity contribution in [1.29, 1.82) is 5.26 Å². The van der Waals surface area contributed by atoms with Gasteiger partial charge in [-0.3, -0.25) is 0 Å². The first kappa shape index (κ1) is 20.9. The molecule has 0 atom stereocenters. The molecule has 0 aliphatic rings. The van der Waals surface area contributed by atoms with Crippen molar-refractivity contribution in [3.8, 4) is 22.9 Å². The lowest BCUT2D eigenvalue weighted by Gasteiger charge is -2.12. The lowest BCUT2D eigenvalue weighted by atomic mass is 10.0. The Hall–Kier alpha value is -2.85. The summed E-state index contributed by atoms with van der Waals surface area (Å²) in [7, 11) is -3.92. The van der Waals surface area contributed by atoms with Crippen LogP contribution in [-0.4, -0.2) is 15.0 Å². The average molecular weight is 427 g/mol. The predicted molar refractivity (Wildman–Crippen MR) is 113 cm³/mol. The lowest BCUT2D eigenvalue weighted by Crippen LogP contribution is -2.12. The quantitative estimate of drug-likeness (QED) is 0.629. The molecule has 0 aliphatic heterocycles. The van der Waals surface area contributed by atoms with Crippen LogP contribution in [0.5, 0.6) is 5.75 Å². The fraction of sp³-hybridized carbons (Fsp3) is 0.136. The number of nitrogens with two attached hydrogens (primary N) is 1. The van der Waals surface area contributed by atoms with Gasteiger partial charge in [0, 0.05) is 12.0 Å². The number of hydrogen-bond acceptors (Lipinski definition) is 4. The van der Waals surface area contributed by atoms with E-state index in [0.717, 1.165) is 16.7 Å². The molecule has 0 saturated carbocycles. The highest BCUT2D eigenvalue weighted by atomic mass is 35.5. The molecule has 5 nitrogen and oxygen atoms in total. The Morgan fingerprint density at radius 1 is 1.10 bits per heavy atom. The highest BCUT2D eigenvalue weighted by Crippen LogP contribution is 2.35. The van der Waals surface area contributed by atoms with Crippen molar-refractivity contribution in [2.24, 2.45) is 5.14 Å². The summed E-state index contributed by atoms with van der Waals surface area (Å²) in [5.74, 6) is 0.658. The highest BCUT2D eigenvalue weighted by Gasteiger charge is 2.17. The number of aryl methyl sites for hydroxylation is 1. The van der Waals surface area contributed by atoms with E-state index in [1.54, 1.807) is 24.3 Å². The Labute approximate surface area is 175 Å². The number of sulfonamides is 1. The summed E-state index contributed by atoms with van der Waals surface area (Å²) in [5, 5.41) is 14.2. The highest BCUT2D eigenvalue weighted by molar-refractivity contribution is 7.89. The Bertz CT molecular complexity index is 1180. The van der Waals surface area contributed by atoms with Crippen LogP contribution in [0.4, 0.5) is 0 Å². The molecule has 3 rings (SSSR count). The van der Waals surface area contributed by atoms with Gasteiger partial charge in [-0.05, 0) is 53.9 Å². The van der Waals surface area contributed by atoms with E-state index in [9.17, 15) is 8.42 Å². The molecule has 0 heterocycles. The summed E-state index contributed by atoms with van der Waals surface area (Å²) in [6.45, 7) is 2.38. The molecule has 0 bridgehead atoms. The van der Waals surface area contributed by atoms with Gasteiger partial charge >= 0.3 is 0 Å². The van der Waals surface area contributed by atoms with Crippen molar-refractivity contribution in [2.75, 3.05) is 6.61 Å². The molecule has 2 N–H and O–H groups in total. The van der Waals surface area contributed by atoms with E-state index >= 15 is 0 Å². The van der Waals surface area contributed by atoms with Gasteiger partial charge in [-0.1, -0.05) is 41.9 Å². The largest absolute Gasteiger partial charge is 0.493 e. The second-order valence-electron chi connectivity index (χ2n) is 6.60. The van der Waals surface area contributed by atoms with E-state index in [1.807, 2.05) is 37.3 Å². The summed E-state index contributed by atoms with van der Waals surface area (Å²) >= 11 is 6.32. The van der Waals surface area contributed by atoms with E-state index in [0.29, 0.717) is 29.9 Å². The molecule has 0 spiro atoms. The summed E-state index contributed by atoms with van der Waals surface area (Å²) < 4.78 is 29.4. The molecule has 148 valence electrons. The monoisotopic (exact) mass is 426 g/mol. The van der Waals surface area contributed by atoms with Crippen LogP contribution < -0.4 is 9.88 Å². The van der Waals surface area contributed by atoms with Crippen LogP contribution in [0.1, 0.15) is 16.7 Å². The van der Waals surface area contributed by atoms with Crippen LogP contribution in [-0.2, 0) is 16.4 Å². The van der Waals surface area contributed by atoms with Crippen LogP contribution >= 0.6 is 11.6 Å². The average Bonchev–Trinajstić information content (AvgIpc) is 2.67. The van der Waals surface area contributed by atoms with E-state index in [1.165, 1.54) is 6.07 Å². The van der Waals surface area contributed by atoms with E-state index in [2.05, 4.69) is 6.07 Å². The minimum atomic E-state index is -3.92. The molecule has 3 aromatic rings. The van der Waals surface area contributed by atoms with Crippen molar-refractivity contribution < 1.29 is 13.2 Å². The number of nitriles is 1. The second-order valence-corrected chi connectivity index (χ2v) is 8.51. The Kier molecular flexibility index (Phi) is 6.23. The normalized spacial score (nSPS) is 11.1. The number of halogens is 1. The standard InChI is InChI=1S/C22H19ClN2O3S/c1-15-11-18(20-3-2-4-21(22(20)23)29(25,26)27)13-19(12-15)28-10-9-16-5-7-17(14-24)8-6-16/h2-8,11-13H,9-10H2,1H3,(H2,25,26,27). The number of hydrogen-bond donors (Lipinski definition) is 1. The third kappa shape index (κ3) is 5.15. The fourth-order valence-corrected chi connectivity index (χ4v) is 4.16. The molecule has 0 radical (unpaired) electrons. The van der Waals surface area contributed by atoms with Crippen LogP contribution in [0.15, 0.2) is 65.6 Å². The molecule has 0 aromatic heterocycles. The first-order valence-corrected chi connectivity index (χ1v) is 10.8. The number of benzene rings is 3. The van der Waals surface area contributed by atoms with Crippen LogP contribution in [0.25, 0.3) is 11.1 Å². The minimum absolute atomic E-state index is 0.0872. The van der Waals surface area contributed by atoms with Gasteiger partial charge in [0.2, 0.25) is 10.0 Å². The molecule has 3 aromatic carbocycles. The summed E-state index contributed by atoms with van der Waals surface area (Å²) in [4.78, 5) is -0.110. The van der Waals surface area contributed by atoms with Crippen LogP contribution in [0.2, 0.25) is 5.02 Å². The third-order valence-electron chi connectivity index (χ3n) is 4.37. The van der Waals surface area contributed by atoms with Crippen LogP contribution in [0, 0.1) is 18.3 Å². The zero-order chi connectivity index (χ0) is 21.0. The smallest absolute Gasteiger partial charge is 0.239 e. The maximum Gasteiger partial charge on any atom is 0.239 e. The van der Waals surface area contributed by atoms with E-state index < -0.39 is 10.0 Å². The number of ether oxygens (including phenoxy) is 1. The topological polar surface area (TPSA) is 93.2 Å². The van der Waals surface area contributed by atoms with Crippen molar-refractivity contribution in [2.45, 2.75) is 18.2 Å². The van der Waals surface area contributed by atoms with Gasteiger partial charge in [0.05, 0.1) is 23.3 Å². The van der Waals surface area contributed by atoms with E-state index in [-0.39, 0.29) is 9.92 Å². The molecular weight excluding hydrogens is 408 g/mol. The predicted octanol–water partition coefficient (Wildman–Crippen LogP) is 4.46. The molecular formula is C22H19ClN2O3S. The van der Waals surface area contributed by atoms with Crippen molar-refractivity contribution in [3.63, 3.8) is 0 Å². The fourth-order valence-electron chi connectivity index (χ4n) is 2.97. The SMILES string of the molecule is Cc1cc(OCCc2ccc(C#N)cc2)cc(-c2cccc(S(N)(=O)=O)c2Cl)c1. The zero-order valence-corrected chi connectivity index (χ0v) is 17.3. The number of rotatable bonds is 6. The Morgan fingerprint density at radius 3 is 2.48 bits per heavy atom. The zero-order valence-electron chi connectivity index (χ0n) is 15.7. The summed E-state index contributed by atoms with van der Waals surface area (Å²) in [6.07, 6.45) is 0.691.